The van der Waals surface area contributed by atoms with Crippen LogP contribution in [0.2, 0.25) is 0 Å². The second-order valence-corrected chi connectivity index (χ2v) is 6.62. The second kappa shape index (κ2) is 8.51. The first-order valence-electron chi connectivity index (χ1n) is 7.22. The molecule has 0 saturated carbocycles. The van der Waals surface area contributed by atoms with Crippen molar-refractivity contribution in [2.24, 2.45) is 0 Å². The molecule has 0 atom stereocenters. The number of nitrogens with one attached hydrogen (secondary N) is 1. The van der Waals surface area contributed by atoms with Crippen molar-refractivity contribution in [2.45, 2.75) is 53.2 Å². The van der Waals surface area contributed by atoms with Crippen molar-refractivity contribution in [3.05, 3.63) is 34.0 Å². The van der Waals surface area contributed by atoms with Gasteiger partial charge < -0.3 is 5.32 Å². The normalized spacial score (nSPS) is 11.5. The molecular weight excluding hydrogens is 252 g/mol. The lowest BCUT2D eigenvalue weighted by Gasteiger charge is -2.24. The molecule has 1 aromatic heterocycles. The molecular formula is C16H28N2S. The zero-order chi connectivity index (χ0) is 14.3. The van der Waals surface area contributed by atoms with Gasteiger partial charge in [0, 0.05) is 35.4 Å². The topological polar surface area (TPSA) is 15.3 Å². The number of aryl methyl sites for hydroxylation is 1. The van der Waals surface area contributed by atoms with E-state index in [0.717, 1.165) is 26.2 Å². The van der Waals surface area contributed by atoms with Gasteiger partial charge in [-0.25, -0.2) is 0 Å². The average Bonchev–Trinajstić information content (AvgIpc) is 2.70. The Morgan fingerprint density at radius 2 is 2.21 bits per heavy atom. The van der Waals surface area contributed by atoms with Gasteiger partial charge in [0.05, 0.1) is 0 Å². The van der Waals surface area contributed by atoms with Gasteiger partial charge in [-0.2, -0.15) is 0 Å². The molecule has 0 amide bonds. The summed E-state index contributed by atoms with van der Waals surface area (Å²) in [6.45, 7) is 16.9. The summed E-state index contributed by atoms with van der Waals surface area (Å²) in [4.78, 5) is 5.34. The Balaban J connectivity index is 2.64. The quantitative estimate of drug-likeness (QED) is 0.544. The fourth-order valence-electron chi connectivity index (χ4n) is 2.06. The molecule has 19 heavy (non-hydrogen) atoms. The van der Waals surface area contributed by atoms with E-state index in [1.54, 1.807) is 0 Å². The maximum absolute atomic E-state index is 3.85. The zero-order valence-corrected chi connectivity index (χ0v) is 13.6. The number of hydrogen-bond donors (Lipinski definition) is 1. The van der Waals surface area contributed by atoms with Crippen LogP contribution in [0.4, 0.5) is 0 Å². The third-order valence-corrected chi connectivity index (χ3v) is 4.36. The molecule has 0 spiro atoms. The van der Waals surface area contributed by atoms with Crippen molar-refractivity contribution in [1.29, 1.82) is 0 Å². The van der Waals surface area contributed by atoms with Crippen molar-refractivity contribution < 1.29 is 0 Å². The van der Waals surface area contributed by atoms with Crippen molar-refractivity contribution in [1.82, 2.24) is 10.2 Å². The molecule has 0 fully saturated rings. The first-order chi connectivity index (χ1) is 9.08. The Hall–Kier alpha value is -0.640. The SMILES string of the molecule is C=CCN(Cc1cc(CNCCC)sc1C)C(C)C. The van der Waals surface area contributed by atoms with E-state index in [2.05, 4.69) is 50.6 Å². The van der Waals surface area contributed by atoms with E-state index in [-0.39, 0.29) is 0 Å². The minimum Gasteiger partial charge on any atom is -0.312 e. The van der Waals surface area contributed by atoms with Gasteiger partial charge in [0.15, 0.2) is 0 Å². The number of thiophene rings is 1. The summed E-state index contributed by atoms with van der Waals surface area (Å²) in [5, 5.41) is 3.47. The van der Waals surface area contributed by atoms with Gasteiger partial charge in [-0.15, -0.1) is 17.9 Å². The molecule has 0 aliphatic rings. The highest BCUT2D eigenvalue weighted by Crippen LogP contribution is 2.23. The van der Waals surface area contributed by atoms with Gasteiger partial charge in [0.1, 0.15) is 0 Å². The number of nitrogens with zero attached hydrogens (tertiary/aromatic N) is 1. The Morgan fingerprint density at radius 1 is 1.47 bits per heavy atom. The summed E-state index contributed by atoms with van der Waals surface area (Å²) in [5.41, 5.74) is 1.47. The summed E-state index contributed by atoms with van der Waals surface area (Å²) in [5.74, 6) is 0. The Kier molecular flexibility index (Phi) is 7.36. The van der Waals surface area contributed by atoms with Gasteiger partial charge in [-0.05, 0) is 45.4 Å². The van der Waals surface area contributed by atoms with E-state index in [1.165, 1.54) is 21.7 Å². The highest BCUT2D eigenvalue weighted by Gasteiger charge is 2.12. The van der Waals surface area contributed by atoms with Gasteiger partial charge in [0.2, 0.25) is 0 Å². The maximum Gasteiger partial charge on any atom is 0.0299 e. The summed E-state index contributed by atoms with van der Waals surface area (Å²) in [6, 6.07) is 2.92. The molecule has 3 heteroatoms. The van der Waals surface area contributed by atoms with Crippen molar-refractivity contribution >= 4 is 11.3 Å². The highest BCUT2D eigenvalue weighted by atomic mass is 32.1. The summed E-state index contributed by atoms with van der Waals surface area (Å²) in [7, 11) is 0. The lowest BCUT2D eigenvalue weighted by molar-refractivity contribution is 0.237. The number of hydrogen-bond acceptors (Lipinski definition) is 3. The molecule has 0 radical (unpaired) electrons. The molecule has 0 unspecified atom stereocenters. The molecule has 0 aliphatic carbocycles. The van der Waals surface area contributed by atoms with Crippen LogP contribution < -0.4 is 5.32 Å². The molecule has 0 bridgehead atoms. The standard InChI is InChI=1S/C16H28N2S/c1-6-8-17-11-16-10-15(14(5)19-16)12-18(9-7-2)13(3)4/h7,10,13,17H,2,6,8-9,11-12H2,1,3-5H3. The van der Waals surface area contributed by atoms with Crippen LogP contribution in [0.15, 0.2) is 18.7 Å². The van der Waals surface area contributed by atoms with Crippen LogP contribution in [0.1, 0.15) is 42.5 Å². The van der Waals surface area contributed by atoms with Crippen LogP contribution in [-0.4, -0.2) is 24.0 Å². The number of rotatable bonds is 9. The highest BCUT2D eigenvalue weighted by molar-refractivity contribution is 7.12. The minimum atomic E-state index is 0.555. The minimum absolute atomic E-state index is 0.555. The predicted octanol–water partition coefficient (Wildman–Crippen LogP) is 3.95. The van der Waals surface area contributed by atoms with Crippen molar-refractivity contribution in [3.8, 4) is 0 Å². The van der Waals surface area contributed by atoms with E-state index >= 15 is 0 Å². The molecule has 1 heterocycles. The van der Waals surface area contributed by atoms with Crippen LogP contribution in [0.25, 0.3) is 0 Å². The van der Waals surface area contributed by atoms with Gasteiger partial charge in [0.25, 0.3) is 0 Å². The van der Waals surface area contributed by atoms with E-state index in [1.807, 2.05) is 17.4 Å². The van der Waals surface area contributed by atoms with Crippen LogP contribution in [-0.2, 0) is 13.1 Å². The summed E-state index contributed by atoms with van der Waals surface area (Å²) in [6.07, 6.45) is 3.18. The average molecular weight is 280 g/mol. The second-order valence-electron chi connectivity index (χ2n) is 5.28. The first-order valence-corrected chi connectivity index (χ1v) is 8.04. The van der Waals surface area contributed by atoms with E-state index in [4.69, 9.17) is 0 Å². The van der Waals surface area contributed by atoms with E-state index < -0.39 is 0 Å². The van der Waals surface area contributed by atoms with Crippen molar-refractivity contribution in [3.63, 3.8) is 0 Å². The molecule has 1 aromatic rings. The Labute approximate surface area is 122 Å². The molecule has 2 nitrogen and oxygen atoms in total. The lowest BCUT2D eigenvalue weighted by atomic mass is 10.2. The van der Waals surface area contributed by atoms with Crippen LogP contribution in [0.3, 0.4) is 0 Å². The Bertz CT molecular complexity index is 382. The van der Waals surface area contributed by atoms with E-state index in [9.17, 15) is 0 Å². The smallest absolute Gasteiger partial charge is 0.0299 e. The zero-order valence-electron chi connectivity index (χ0n) is 12.8. The van der Waals surface area contributed by atoms with Gasteiger partial charge >= 0.3 is 0 Å². The molecule has 1 N–H and O–H groups in total. The van der Waals surface area contributed by atoms with Gasteiger partial charge in [-0.3, -0.25) is 4.90 Å². The Morgan fingerprint density at radius 3 is 2.79 bits per heavy atom. The molecule has 1 rings (SSSR count). The first kappa shape index (κ1) is 16.4. The molecule has 0 aliphatic heterocycles. The van der Waals surface area contributed by atoms with Crippen molar-refractivity contribution in [2.75, 3.05) is 13.1 Å². The lowest BCUT2D eigenvalue weighted by Crippen LogP contribution is -2.30. The fourth-order valence-corrected chi connectivity index (χ4v) is 3.09. The molecule has 0 saturated heterocycles. The molecule has 0 aromatic carbocycles. The van der Waals surface area contributed by atoms with Crippen LogP contribution >= 0.6 is 11.3 Å². The van der Waals surface area contributed by atoms with Crippen LogP contribution in [0.5, 0.6) is 0 Å². The maximum atomic E-state index is 3.85. The van der Waals surface area contributed by atoms with Gasteiger partial charge in [-0.1, -0.05) is 13.0 Å². The third-order valence-electron chi connectivity index (χ3n) is 3.26. The summed E-state index contributed by atoms with van der Waals surface area (Å²) >= 11 is 1.92. The predicted molar refractivity (Wildman–Crippen MR) is 86.8 cm³/mol. The summed E-state index contributed by atoms with van der Waals surface area (Å²) < 4.78 is 0. The van der Waals surface area contributed by atoms with Crippen LogP contribution in [0, 0.1) is 6.92 Å². The fraction of sp³-hybridized carbons (Fsp3) is 0.625. The monoisotopic (exact) mass is 280 g/mol. The van der Waals surface area contributed by atoms with E-state index in [0.29, 0.717) is 6.04 Å². The third kappa shape index (κ3) is 5.47. The molecule has 108 valence electrons. The largest absolute Gasteiger partial charge is 0.312 e.